The van der Waals surface area contributed by atoms with Gasteiger partial charge in [0.1, 0.15) is 6.07 Å². The summed E-state index contributed by atoms with van der Waals surface area (Å²) in [7, 11) is 0. The molecule has 1 aromatic heterocycles. The molecule has 1 N–H and O–H groups in total. The van der Waals surface area contributed by atoms with Crippen molar-refractivity contribution in [1.29, 1.82) is 5.26 Å². The lowest BCUT2D eigenvalue weighted by molar-refractivity contribution is 0.0930. The lowest BCUT2D eigenvalue weighted by Gasteiger charge is -2.25. The van der Waals surface area contributed by atoms with E-state index in [-0.39, 0.29) is 11.7 Å². The summed E-state index contributed by atoms with van der Waals surface area (Å²) in [4.78, 5) is 12.5. The van der Waals surface area contributed by atoms with Gasteiger partial charge in [0.15, 0.2) is 5.76 Å². The zero-order valence-corrected chi connectivity index (χ0v) is 16.9. The average molecular weight is 384 g/mol. The molecule has 0 aliphatic carbocycles. The molecule has 146 valence electrons. The van der Waals surface area contributed by atoms with E-state index in [4.69, 9.17) is 4.42 Å². The van der Waals surface area contributed by atoms with Gasteiger partial charge in [0.25, 0.3) is 5.91 Å². The van der Waals surface area contributed by atoms with Crippen molar-refractivity contribution in [2.45, 2.75) is 27.2 Å². The molecule has 4 heteroatoms. The van der Waals surface area contributed by atoms with Crippen molar-refractivity contribution in [1.82, 2.24) is 5.32 Å². The van der Waals surface area contributed by atoms with Crippen molar-refractivity contribution in [3.63, 3.8) is 0 Å². The topological polar surface area (TPSA) is 66.0 Å². The lowest BCUT2D eigenvalue weighted by atomic mass is 9.86. The molecular weight excluding hydrogens is 360 g/mol. The summed E-state index contributed by atoms with van der Waals surface area (Å²) in [6, 6.07) is 23.7. The third-order valence-electron chi connectivity index (χ3n) is 4.59. The number of benzene rings is 2. The molecule has 0 spiro atoms. The second-order valence-electron chi connectivity index (χ2n) is 7.90. The van der Waals surface area contributed by atoms with Crippen LogP contribution in [0.3, 0.4) is 0 Å². The lowest BCUT2D eigenvalue weighted by Crippen LogP contribution is -2.31. The number of carbonyl (C=O) groups excluding carboxylic acids is 1. The van der Waals surface area contributed by atoms with Gasteiger partial charge in [-0.25, -0.2) is 0 Å². The normalized spacial score (nSPS) is 12.1. The highest BCUT2D eigenvalue weighted by molar-refractivity contribution is 5.95. The van der Waals surface area contributed by atoms with E-state index in [1.54, 1.807) is 12.1 Å². The molecule has 2 aromatic carbocycles. The van der Waals surface area contributed by atoms with Crippen LogP contribution in [-0.2, 0) is 6.42 Å². The van der Waals surface area contributed by atoms with E-state index in [2.05, 4.69) is 23.5 Å². The van der Waals surface area contributed by atoms with Gasteiger partial charge in [-0.1, -0.05) is 75.4 Å². The van der Waals surface area contributed by atoms with Crippen molar-refractivity contribution in [3.05, 3.63) is 101 Å². The Balaban J connectivity index is 1.91. The molecule has 29 heavy (non-hydrogen) atoms. The fourth-order valence-electron chi connectivity index (χ4n) is 3.09. The summed E-state index contributed by atoms with van der Waals surface area (Å²) in [6.07, 6.45) is 2.28. The van der Waals surface area contributed by atoms with E-state index in [1.165, 1.54) is 11.8 Å². The smallest absolute Gasteiger partial charge is 0.291 e. The Labute approximate surface area is 171 Å². The first-order chi connectivity index (χ1) is 13.9. The quantitative estimate of drug-likeness (QED) is 0.584. The number of nitriles is 1. The molecule has 0 atom stereocenters. The van der Waals surface area contributed by atoms with Crippen LogP contribution in [0.4, 0.5) is 0 Å². The van der Waals surface area contributed by atoms with Gasteiger partial charge in [-0.3, -0.25) is 4.79 Å². The molecule has 3 rings (SSSR count). The van der Waals surface area contributed by atoms with Crippen molar-refractivity contribution >= 4 is 11.5 Å². The minimum Gasteiger partial charge on any atom is -0.459 e. The number of carbonyl (C=O) groups is 1. The molecule has 1 heterocycles. The summed E-state index contributed by atoms with van der Waals surface area (Å²) in [5, 5.41) is 12.8. The van der Waals surface area contributed by atoms with Gasteiger partial charge < -0.3 is 9.73 Å². The van der Waals surface area contributed by atoms with Crippen LogP contribution in [-0.4, -0.2) is 5.91 Å². The van der Waals surface area contributed by atoms with Gasteiger partial charge in [0, 0.05) is 11.1 Å². The van der Waals surface area contributed by atoms with E-state index in [0.29, 0.717) is 11.3 Å². The van der Waals surface area contributed by atoms with E-state index in [0.717, 1.165) is 17.5 Å². The minimum atomic E-state index is -0.434. The Morgan fingerprint density at radius 2 is 1.62 bits per heavy atom. The van der Waals surface area contributed by atoms with Gasteiger partial charge in [-0.05, 0) is 35.2 Å². The van der Waals surface area contributed by atoms with Crippen LogP contribution in [0.15, 0.2) is 83.1 Å². The van der Waals surface area contributed by atoms with Crippen molar-refractivity contribution in [2.24, 2.45) is 5.41 Å². The summed E-state index contributed by atoms with van der Waals surface area (Å²) in [5.41, 5.74) is 3.75. The predicted octanol–water partition coefficient (Wildman–Crippen LogP) is 5.58. The molecule has 0 aliphatic heterocycles. The zero-order valence-electron chi connectivity index (χ0n) is 16.9. The summed E-state index contributed by atoms with van der Waals surface area (Å²) in [6.45, 7) is 5.89. The van der Waals surface area contributed by atoms with Gasteiger partial charge in [0.2, 0.25) is 0 Å². The number of rotatable bonds is 5. The van der Waals surface area contributed by atoms with Crippen LogP contribution in [0.1, 0.15) is 48.0 Å². The Morgan fingerprint density at radius 1 is 0.966 bits per heavy atom. The zero-order chi connectivity index (χ0) is 20.9. The Morgan fingerprint density at radius 3 is 2.17 bits per heavy atom. The van der Waals surface area contributed by atoms with Crippen LogP contribution in [0, 0.1) is 16.7 Å². The summed E-state index contributed by atoms with van der Waals surface area (Å²) >= 11 is 0. The Kier molecular flexibility index (Phi) is 5.99. The number of nitrogens with zero attached hydrogens (tertiary/aromatic N) is 1. The van der Waals surface area contributed by atoms with Gasteiger partial charge in [0.05, 0.1) is 11.8 Å². The average Bonchev–Trinajstić information content (AvgIpc) is 3.24. The maximum atomic E-state index is 12.5. The molecule has 0 aliphatic rings. The van der Waals surface area contributed by atoms with Crippen LogP contribution < -0.4 is 5.32 Å². The number of nitrogens with one attached hydrogen (secondary N) is 1. The highest BCUT2D eigenvalue weighted by atomic mass is 16.3. The molecule has 0 saturated carbocycles. The van der Waals surface area contributed by atoms with Gasteiger partial charge >= 0.3 is 0 Å². The monoisotopic (exact) mass is 384 g/mol. The number of allylic oxidation sites excluding steroid dienone is 2. The van der Waals surface area contributed by atoms with Crippen LogP contribution in [0.5, 0.6) is 0 Å². The van der Waals surface area contributed by atoms with Crippen LogP contribution in [0.25, 0.3) is 5.57 Å². The summed E-state index contributed by atoms with van der Waals surface area (Å²) < 4.78 is 5.18. The largest absolute Gasteiger partial charge is 0.459 e. The third-order valence-corrected chi connectivity index (χ3v) is 4.59. The highest BCUT2D eigenvalue weighted by Crippen LogP contribution is 2.31. The SMILES string of the molecule is CC(C)(C)C(NC(=O)c1ccco1)=C(C#N)c1ccc(Cc2ccccc2)cc1. The molecule has 1 amide bonds. The fraction of sp³-hybridized carbons (Fsp3) is 0.200. The van der Waals surface area contributed by atoms with Crippen LogP contribution >= 0.6 is 0 Å². The molecule has 0 bridgehead atoms. The first-order valence-electron chi connectivity index (χ1n) is 9.51. The molecule has 0 unspecified atom stereocenters. The standard InChI is InChI=1S/C25H24N2O2/c1-25(2,3)23(27-24(28)22-10-7-15-29-22)21(17-26)20-13-11-19(12-14-20)16-18-8-5-4-6-9-18/h4-15H,16H2,1-3H3,(H,27,28). The Hall–Kier alpha value is -3.58. The van der Waals surface area contributed by atoms with Crippen molar-refractivity contribution in [3.8, 4) is 6.07 Å². The van der Waals surface area contributed by atoms with E-state index in [9.17, 15) is 10.1 Å². The molecule has 3 aromatic rings. The first-order valence-corrected chi connectivity index (χ1v) is 9.51. The van der Waals surface area contributed by atoms with E-state index >= 15 is 0 Å². The van der Waals surface area contributed by atoms with Gasteiger partial charge in [-0.15, -0.1) is 0 Å². The minimum absolute atomic E-state index is 0.210. The first kappa shape index (κ1) is 20.2. The van der Waals surface area contributed by atoms with E-state index in [1.807, 2.05) is 63.2 Å². The second-order valence-corrected chi connectivity index (χ2v) is 7.90. The molecule has 4 nitrogen and oxygen atoms in total. The molecule has 0 saturated heterocycles. The third kappa shape index (κ3) is 5.03. The van der Waals surface area contributed by atoms with Crippen LogP contribution in [0.2, 0.25) is 0 Å². The fourth-order valence-corrected chi connectivity index (χ4v) is 3.09. The predicted molar refractivity (Wildman–Crippen MR) is 114 cm³/mol. The van der Waals surface area contributed by atoms with Gasteiger partial charge in [-0.2, -0.15) is 5.26 Å². The number of hydrogen-bond donors (Lipinski definition) is 1. The number of hydrogen-bond acceptors (Lipinski definition) is 3. The molecule has 0 fully saturated rings. The van der Waals surface area contributed by atoms with Crippen molar-refractivity contribution < 1.29 is 9.21 Å². The Bertz CT molecular complexity index is 1030. The second kappa shape index (κ2) is 8.62. The number of furan rings is 1. The maximum Gasteiger partial charge on any atom is 0.291 e. The molecule has 0 radical (unpaired) electrons. The highest BCUT2D eigenvalue weighted by Gasteiger charge is 2.25. The van der Waals surface area contributed by atoms with Crippen molar-refractivity contribution in [2.75, 3.05) is 0 Å². The van der Waals surface area contributed by atoms with E-state index < -0.39 is 5.41 Å². The maximum absolute atomic E-state index is 12.5. The number of amides is 1. The summed E-state index contributed by atoms with van der Waals surface area (Å²) in [5.74, 6) is -0.157. The molecular formula is C25H24N2O2.